The Morgan fingerprint density at radius 1 is 1.30 bits per heavy atom. The molecule has 9 nitrogen and oxygen atoms in total. The lowest BCUT2D eigenvalue weighted by Gasteiger charge is -2.07. The van der Waals surface area contributed by atoms with E-state index in [1.807, 2.05) is 18.2 Å². The molecule has 0 unspecified atom stereocenters. The number of hydrogen-bond acceptors (Lipinski definition) is 6. The Bertz CT molecular complexity index is 1180. The summed E-state index contributed by atoms with van der Waals surface area (Å²) in [5, 5.41) is 13.9. The number of rotatable bonds is 4. The van der Waals surface area contributed by atoms with E-state index in [0.717, 1.165) is 20.7 Å². The molecular formula is C17H15N7O2S. The molecular weight excluding hydrogens is 366 g/mol. The highest BCUT2D eigenvalue weighted by molar-refractivity contribution is 7.98. The third-order valence-corrected chi connectivity index (χ3v) is 4.89. The number of aromatic amines is 2. The molecule has 0 radical (unpaired) electrons. The molecule has 0 saturated heterocycles. The van der Waals surface area contributed by atoms with Gasteiger partial charge in [0.1, 0.15) is 11.4 Å². The first-order valence-corrected chi connectivity index (χ1v) is 9.04. The number of anilines is 1. The van der Waals surface area contributed by atoms with E-state index in [-0.39, 0.29) is 0 Å². The summed E-state index contributed by atoms with van der Waals surface area (Å²) in [6.07, 6.45) is 3.19. The molecule has 3 aromatic heterocycles. The van der Waals surface area contributed by atoms with Gasteiger partial charge in [-0.05, 0) is 24.6 Å². The van der Waals surface area contributed by atoms with Crippen molar-refractivity contribution >= 4 is 34.5 Å². The molecule has 0 aliphatic carbocycles. The molecule has 1 aromatic carbocycles. The van der Waals surface area contributed by atoms with Gasteiger partial charge < -0.3 is 5.32 Å². The Morgan fingerprint density at radius 2 is 2.19 bits per heavy atom. The Hall–Kier alpha value is -3.40. The summed E-state index contributed by atoms with van der Waals surface area (Å²) in [6.45, 7) is 1.72. The number of H-pyrrole nitrogens is 2. The SMILES string of the molecule is Cc1cc(=O)n(C(=O)Nc2cccc(CSc3ncnc4[nH]ncc34)c2)[nH]1. The van der Waals surface area contributed by atoms with Crippen molar-refractivity contribution in [3.63, 3.8) is 0 Å². The highest BCUT2D eigenvalue weighted by Crippen LogP contribution is 2.27. The van der Waals surface area contributed by atoms with Crippen LogP contribution in [0.4, 0.5) is 10.5 Å². The number of thioether (sulfide) groups is 1. The molecule has 0 atom stereocenters. The van der Waals surface area contributed by atoms with Crippen LogP contribution in [0.15, 0.2) is 52.7 Å². The fraction of sp³-hybridized carbons (Fsp3) is 0.118. The quantitative estimate of drug-likeness (QED) is 0.369. The molecule has 4 aromatic rings. The van der Waals surface area contributed by atoms with Crippen LogP contribution in [0.3, 0.4) is 0 Å². The average Bonchev–Trinajstić information content (AvgIpc) is 3.26. The van der Waals surface area contributed by atoms with E-state index in [9.17, 15) is 9.59 Å². The second kappa shape index (κ2) is 7.08. The van der Waals surface area contributed by atoms with Gasteiger partial charge in [-0.15, -0.1) is 11.8 Å². The van der Waals surface area contributed by atoms with Crippen LogP contribution < -0.4 is 10.9 Å². The van der Waals surface area contributed by atoms with Gasteiger partial charge in [-0.3, -0.25) is 15.0 Å². The second-order valence-corrected chi connectivity index (χ2v) is 6.81. The average molecular weight is 381 g/mol. The molecule has 27 heavy (non-hydrogen) atoms. The summed E-state index contributed by atoms with van der Waals surface area (Å²) in [5.41, 5.74) is 2.52. The molecule has 1 amide bonds. The van der Waals surface area contributed by atoms with Crippen LogP contribution in [0.2, 0.25) is 0 Å². The number of nitrogens with one attached hydrogen (secondary N) is 3. The third-order valence-electron chi connectivity index (χ3n) is 3.82. The normalized spacial score (nSPS) is 11.0. The van der Waals surface area contributed by atoms with Crippen molar-refractivity contribution in [2.75, 3.05) is 5.32 Å². The molecule has 0 aliphatic heterocycles. The zero-order valence-electron chi connectivity index (χ0n) is 14.3. The molecule has 10 heteroatoms. The van der Waals surface area contributed by atoms with Crippen LogP contribution in [0, 0.1) is 6.92 Å². The molecule has 0 fully saturated rings. The Balaban J connectivity index is 1.48. The van der Waals surface area contributed by atoms with Crippen molar-refractivity contribution in [3.05, 3.63) is 64.5 Å². The minimum absolute atomic E-state index is 0.399. The third kappa shape index (κ3) is 3.60. The largest absolute Gasteiger partial charge is 0.348 e. The van der Waals surface area contributed by atoms with Crippen molar-refractivity contribution in [2.24, 2.45) is 0 Å². The summed E-state index contributed by atoms with van der Waals surface area (Å²) >= 11 is 1.55. The predicted octanol–water partition coefficient (Wildman–Crippen LogP) is 2.52. The monoisotopic (exact) mass is 381 g/mol. The van der Waals surface area contributed by atoms with E-state index >= 15 is 0 Å². The van der Waals surface area contributed by atoms with Crippen LogP contribution in [0.25, 0.3) is 11.0 Å². The van der Waals surface area contributed by atoms with Gasteiger partial charge in [-0.2, -0.15) is 9.78 Å². The minimum Gasteiger partial charge on any atom is -0.306 e. The van der Waals surface area contributed by atoms with Crippen molar-refractivity contribution in [3.8, 4) is 0 Å². The Kier molecular flexibility index (Phi) is 4.47. The number of amides is 1. The summed E-state index contributed by atoms with van der Waals surface area (Å²) in [4.78, 5) is 32.4. The van der Waals surface area contributed by atoms with Gasteiger partial charge in [0.05, 0.1) is 11.6 Å². The number of aromatic nitrogens is 6. The number of fused-ring (bicyclic) bond motifs is 1. The number of nitrogens with zero attached hydrogens (tertiary/aromatic N) is 4. The van der Waals surface area contributed by atoms with Gasteiger partial charge in [0.25, 0.3) is 5.56 Å². The molecule has 0 bridgehead atoms. The number of hydrogen-bond donors (Lipinski definition) is 3. The van der Waals surface area contributed by atoms with Crippen LogP contribution in [-0.2, 0) is 5.75 Å². The number of benzene rings is 1. The van der Waals surface area contributed by atoms with Crippen LogP contribution >= 0.6 is 11.8 Å². The van der Waals surface area contributed by atoms with E-state index < -0.39 is 11.6 Å². The highest BCUT2D eigenvalue weighted by atomic mass is 32.2. The molecule has 3 N–H and O–H groups in total. The lowest BCUT2D eigenvalue weighted by molar-refractivity contribution is 0.250. The predicted molar refractivity (Wildman–Crippen MR) is 102 cm³/mol. The summed E-state index contributed by atoms with van der Waals surface area (Å²) in [7, 11) is 0. The smallest absolute Gasteiger partial charge is 0.306 e. The zero-order valence-corrected chi connectivity index (χ0v) is 15.1. The van der Waals surface area contributed by atoms with E-state index in [0.29, 0.717) is 22.8 Å². The first kappa shape index (κ1) is 17.0. The second-order valence-electron chi connectivity index (χ2n) is 5.84. The lowest BCUT2D eigenvalue weighted by atomic mass is 10.2. The van der Waals surface area contributed by atoms with E-state index in [2.05, 4.69) is 30.6 Å². The van der Waals surface area contributed by atoms with Crippen molar-refractivity contribution in [1.82, 2.24) is 29.9 Å². The number of carbonyl (C=O) groups is 1. The van der Waals surface area contributed by atoms with Gasteiger partial charge >= 0.3 is 6.03 Å². The van der Waals surface area contributed by atoms with Crippen LogP contribution in [0.1, 0.15) is 11.3 Å². The van der Waals surface area contributed by atoms with Gasteiger partial charge in [0.2, 0.25) is 0 Å². The maximum Gasteiger partial charge on any atom is 0.348 e. The molecule has 0 saturated carbocycles. The molecule has 0 spiro atoms. The van der Waals surface area contributed by atoms with Gasteiger partial charge in [0, 0.05) is 23.2 Å². The molecule has 0 aliphatic rings. The Morgan fingerprint density at radius 3 is 3.00 bits per heavy atom. The maximum absolute atomic E-state index is 12.2. The highest BCUT2D eigenvalue weighted by Gasteiger charge is 2.10. The summed E-state index contributed by atoms with van der Waals surface area (Å²) in [5.74, 6) is 0.655. The zero-order chi connectivity index (χ0) is 18.8. The van der Waals surface area contributed by atoms with Crippen molar-refractivity contribution in [1.29, 1.82) is 0 Å². The molecule has 3 heterocycles. The lowest BCUT2D eigenvalue weighted by Crippen LogP contribution is -2.29. The maximum atomic E-state index is 12.2. The van der Waals surface area contributed by atoms with Crippen LogP contribution in [0.5, 0.6) is 0 Å². The molecule has 136 valence electrons. The number of carbonyl (C=O) groups excluding carboxylic acids is 1. The van der Waals surface area contributed by atoms with Crippen LogP contribution in [-0.4, -0.2) is 36.0 Å². The Labute approximate surface area is 157 Å². The fourth-order valence-corrected chi connectivity index (χ4v) is 3.50. The van der Waals surface area contributed by atoms with E-state index in [4.69, 9.17) is 0 Å². The van der Waals surface area contributed by atoms with Gasteiger partial charge in [-0.1, -0.05) is 12.1 Å². The minimum atomic E-state index is -0.534. The van der Waals surface area contributed by atoms with Crippen molar-refractivity contribution < 1.29 is 4.79 Å². The van der Waals surface area contributed by atoms with Crippen molar-refractivity contribution in [2.45, 2.75) is 17.7 Å². The molecule has 4 rings (SSSR count). The fourth-order valence-electron chi connectivity index (χ4n) is 2.59. The van der Waals surface area contributed by atoms with Gasteiger partial charge in [-0.25, -0.2) is 14.8 Å². The first-order chi connectivity index (χ1) is 13.1. The van der Waals surface area contributed by atoms with E-state index in [1.54, 1.807) is 30.9 Å². The first-order valence-electron chi connectivity index (χ1n) is 8.06. The standard InChI is InChI=1S/C17H15N7O2S/c1-10-5-14(25)24(23-10)17(26)21-12-4-2-3-11(6-12)8-27-16-13-7-20-22-15(13)18-9-19-16/h2-7,9,23H,8H2,1H3,(H,21,26)(H,18,19,20,22). The van der Waals surface area contributed by atoms with Gasteiger partial charge in [0.15, 0.2) is 5.65 Å². The summed E-state index contributed by atoms with van der Waals surface area (Å²) < 4.78 is 0.938. The topological polar surface area (TPSA) is 121 Å². The van der Waals surface area contributed by atoms with E-state index in [1.165, 1.54) is 12.4 Å². The summed E-state index contributed by atoms with van der Waals surface area (Å²) in [6, 6.07) is 8.27. The number of aryl methyl sites for hydroxylation is 1.